The van der Waals surface area contributed by atoms with Crippen LogP contribution in [0.4, 0.5) is 0 Å². The summed E-state index contributed by atoms with van der Waals surface area (Å²) in [6.07, 6.45) is 0. The highest BCUT2D eigenvalue weighted by Gasteiger charge is 2.40. The van der Waals surface area contributed by atoms with Crippen LogP contribution in [0.1, 0.15) is 27.7 Å². The second kappa shape index (κ2) is 6.70. The largest absolute Gasteiger partial charge is 0.455 e. The molecule has 1 heteroatoms. The van der Waals surface area contributed by atoms with E-state index in [1.165, 1.54) is 0 Å². The van der Waals surface area contributed by atoms with Crippen LogP contribution >= 0.6 is 0 Å². The highest BCUT2D eigenvalue weighted by Crippen LogP contribution is 2.52. The Morgan fingerprint density at radius 1 is 0.576 bits per heavy atom. The van der Waals surface area contributed by atoms with E-state index in [1.54, 1.807) is 0 Å². The molecule has 1 aromatic heterocycles. The van der Waals surface area contributed by atoms with Gasteiger partial charge in [-0.1, -0.05) is 109 Å². The van der Waals surface area contributed by atoms with Gasteiger partial charge in [0.1, 0.15) is 11.2 Å². The molecule has 0 radical (unpaired) electrons. The Bertz CT molecular complexity index is 1730. The van der Waals surface area contributed by atoms with Crippen LogP contribution in [0, 0.1) is 0 Å². The first-order valence-corrected chi connectivity index (χ1v) is 11.2. The third-order valence-corrected chi connectivity index (χ3v) is 6.99. The van der Waals surface area contributed by atoms with Crippen molar-refractivity contribution in [2.24, 2.45) is 0 Å². The second-order valence-electron chi connectivity index (χ2n) is 8.70. The summed E-state index contributed by atoms with van der Waals surface area (Å²) in [7, 11) is 0. The highest BCUT2D eigenvalue weighted by atomic mass is 16.3. The number of hydrogen-bond donors (Lipinski definition) is 0. The summed E-state index contributed by atoms with van der Waals surface area (Å²) in [5.41, 5.74) is 6.85. The molecule has 0 saturated heterocycles. The summed E-state index contributed by atoms with van der Waals surface area (Å²) in [5, 5.41) is 2.16. The lowest BCUT2D eigenvalue weighted by atomic mass is 9.74. The van der Waals surface area contributed by atoms with Gasteiger partial charge in [0.05, 0.1) is 0 Å². The molecule has 5 aromatic carbocycles. The molecular weight excluding hydrogens is 400 g/mol. The van der Waals surface area contributed by atoms with Gasteiger partial charge in [-0.05, 0) is 46.3 Å². The van der Waals surface area contributed by atoms with Crippen molar-refractivity contribution in [1.29, 1.82) is 0 Å². The topological polar surface area (TPSA) is 13.1 Å². The highest BCUT2D eigenvalue weighted by molar-refractivity contribution is 6.09. The van der Waals surface area contributed by atoms with E-state index >= 15 is 0 Å². The Balaban J connectivity index is 1.45. The van der Waals surface area contributed by atoms with Crippen LogP contribution in [0.2, 0.25) is 0 Å². The molecule has 0 N–H and O–H groups in total. The van der Waals surface area contributed by atoms with E-state index in [4.69, 9.17) is 8.53 Å². The molecule has 0 unspecified atom stereocenters. The average Bonchev–Trinajstić information content (AvgIpc) is 3.43. The van der Waals surface area contributed by atoms with Crippen molar-refractivity contribution < 1.29 is 8.53 Å². The molecule has 156 valence electrons. The lowest BCUT2D eigenvalue weighted by molar-refractivity contribution is 0.670. The first-order chi connectivity index (χ1) is 17.5. The van der Waals surface area contributed by atoms with Gasteiger partial charge in [-0.2, -0.15) is 0 Å². The van der Waals surface area contributed by atoms with Gasteiger partial charge in [-0.3, -0.25) is 0 Å². The van der Waals surface area contributed by atoms with Crippen LogP contribution in [0.25, 0.3) is 44.2 Å². The van der Waals surface area contributed by atoms with Crippen LogP contribution in [0.5, 0.6) is 0 Å². The first-order valence-electron chi connectivity index (χ1n) is 12.7. The Kier molecular flexibility index (Phi) is 3.18. The second-order valence-corrected chi connectivity index (χ2v) is 8.70. The molecule has 7 rings (SSSR count). The van der Waals surface area contributed by atoms with Crippen molar-refractivity contribution >= 4 is 21.9 Å². The lowest BCUT2D eigenvalue weighted by Gasteiger charge is -2.28. The summed E-state index contributed by atoms with van der Waals surface area (Å²) in [4.78, 5) is 0. The third-order valence-electron chi connectivity index (χ3n) is 6.99. The zero-order chi connectivity index (χ0) is 24.5. The molecule has 0 bridgehead atoms. The molecule has 33 heavy (non-hydrogen) atoms. The Morgan fingerprint density at radius 2 is 1.18 bits per heavy atom. The summed E-state index contributed by atoms with van der Waals surface area (Å²) < 4.78 is 32.6. The van der Waals surface area contributed by atoms with E-state index in [-0.39, 0.29) is 0 Å². The molecule has 0 spiro atoms. The Morgan fingerprint density at radius 3 is 1.91 bits per heavy atom. The van der Waals surface area contributed by atoms with E-state index in [0.29, 0.717) is 0 Å². The van der Waals surface area contributed by atoms with Gasteiger partial charge in [0.15, 0.2) is 0 Å². The molecule has 0 fully saturated rings. The quantitative estimate of drug-likeness (QED) is 0.271. The van der Waals surface area contributed by atoms with Gasteiger partial charge in [0.25, 0.3) is 0 Å². The van der Waals surface area contributed by atoms with Crippen LogP contribution in [0.3, 0.4) is 0 Å². The molecular formula is C32H22O. The van der Waals surface area contributed by atoms with E-state index in [9.17, 15) is 0 Å². The van der Waals surface area contributed by atoms with Gasteiger partial charge in [0, 0.05) is 25.9 Å². The van der Waals surface area contributed by atoms with E-state index in [0.717, 1.165) is 60.9 Å². The number of benzene rings is 5. The number of rotatable bonds is 2. The Hall–Kier alpha value is -4.10. The summed E-state index contributed by atoms with van der Waals surface area (Å²) in [6.45, 7) is -2.28. The van der Waals surface area contributed by atoms with Gasteiger partial charge in [0.2, 0.25) is 0 Å². The lowest BCUT2D eigenvalue weighted by Crippen LogP contribution is -2.22. The molecule has 1 aliphatic rings. The van der Waals surface area contributed by atoms with Crippen molar-refractivity contribution in [3.63, 3.8) is 0 Å². The fourth-order valence-electron chi connectivity index (χ4n) is 5.42. The molecule has 0 saturated carbocycles. The van der Waals surface area contributed by atoms with Crippen LogP contribution in [-0.2, 0) is 5.41 Å². The minimum atomic E-state index is -2.28. The monoisotopic (exact) mass is 425 g/mol. The first kappa shape index (κ1) is 15.7. The fourth-order valence-corrected chi connectivity index (χ4v) is 5.42. The van der Waals surface area contributed by atoms with E-state index in [1.807, 2.05) is 97.1 Å². The van der Waals surface area contributed by atoms with E-state index < -0.39 is 12.3 Å². The maximum Gasteiger partial charge on any atom is 0.143 e. The number of hydrogen-bond acceptors (Lipinski definition) is 1. The zero-order valence-corrected chi connectivity index (χ0v) is 17.9. The minimum Gasteiger partial charge on any atom is -0.455 e. The van der Waals surface area contributed by atoms with Crippen LogP contribution in [-0.4, -0.2) is 0 Å². The maximum absolute atomic E-state index is 8.78. The number of fused-ring (bicyclic) bond motifs is 6. The molecule has 0 atom stereocenters. The third kappa shape index (κ3) is 2.48. The predicted octanol–water partition coefficient (Wildman–Crippen LogP) is 8.59. The SMILES string of the molecule is [2H]C([2H])([2H])C1(c2ccc(-c3cccc4c3oc3ccccc34)cc2)c2ccccc2-c2ccccc21. The minimum absolute atomic E-state index is 0.764. The standard InChI is InChI=1S/C32H22O/c1-32(28-14-5-2-9-24(28)25-10-3-6-15-29(25)32)22-19-17-21(18-20-22)23-12-8-13-27-26-11-4-7-16-30(26)33-31(23)27/h2-20H,1H3/i1D3. The van der Waals surface area contributed by atoms with Crippen molar-refractivity contribution in [3.05, 3.63) is 132 Å². The van der Waals surface area contributed by atoms with Gasteiger partial charge in [-0.15, -0.1) is 0 Å². The average molecular weight is 426 g/mol. The molecule has 6 aromatic rings. The summed E-state index contributed by atoms with van der Waals surface area (Å²) >= 11 is 0. The molecule has 1 nitrogen and oxygen atoms in total. The van der Waals surface area contributed by atoms with Crippen molar-refractivity contribution in [2.75, 3.05) is 0 Å². The van der Waals surface area contributed by atoms with Crippen LogP contribution < -0.4 is 0 Å². The van der Waals surface area contributed by atoms with Crippen molar-refractivity contribution in [3.8, 4) is 22.3 Å². The summed E-state index contributed by atoms with van der Waals surface area (Å²) in [6, 6.07) is 38.0. The van der Waals surface area contributed by atoms with Gasteiger partial charge >= 0.3 is 0 Å². The molecule has 1 aliphatic carbocycles. The molecule has 1 heterocycles. The van der Waals surface area contributed by atoms with Crippen molar-refractivity contribution in [1.82, 2.24) is 0 Å². The normalized spacial score (nSPS) is 15.6. The number of furan rings is 1. The molecule has 0 amide bonds. The fraction of sp³-hybridized carbons (Fsp3) is 0.0625. The zero-order valence-electron chi connectivity index (χ0n) is 20.9. The van der Waals surface area contributed by atoms with Crippen LogP contribution in [0.15, 0.2) is 120 Å². The maximum atomic E-state index is 8.78. The molecule has 0 aliphatic heterocycles. The smallest absolute Gasteiger partial charge is 0.143 e. The predicted molar refractivity (Wildman–Crippen MR) is 137 cm³/mol. The van der Waals surface area contributed by atoms with E-state index in [2.05, 4.69) is 18.2 Å². The number of para-hydroxylation sites is 2. The summed E-state index contributed by atoms with van der Waals surface area (Å²) in [5.74, 6) is 0. The van der Waals surface area contributed by atoms with Gasteiger partial charge in [-0.25, -0.2) is 0 Å². The Labute approximate surface area is 197 Å². The van der Waals surface area contributed by atoms with Crippen molar-refractivity contribution in [2.45, 2.75) is 12.3 Å². The van der Waals surface area contributed by atoms with Gasteiger partial charge < -0.3 is 4.42 Å².